The normalized spacial score (nSPS) is 21.0. The molecule has 0 spiro atoms. The van der Waals surface area contributed by atoms with E-state index in [1.807, 2.05) is 32.9 Å². The number of hydrogen-bond acceptors (Lipinski definition) is 4. The molecule has 3 atom stereocenters. The summed E-state index contributed by atoms with van der Waals surface area (Å²) in [5.74, 6) is 2.68. The fourth-order valence-corrected chi connectivity index (χ4v) is 9.77. The first-order chi connectivity index (χ1) is 16.4. The van der Waals surface area contributed by atoms with Crippen LogP contribution in [-0.2, 0) is 9.16 Å². The van der Waals surface area contributed by atoms with Gasteiger partial charge in [-0.3, -0.25) is 4.90 Å². The molecule has 1 aliphatic rings. The molecule has 3 rings (SSSR count). The number of likely N-dealkylation sites (tertiary alicyclic amines) is 1. The van der Waals surface area contributed by atoms with Gasteiger partial charge in [-0.15, -0.1) is 6.42 Å². The van der Waals surface area contributed by atoms with Gasteiger partial charge in [0.1, 0.15) is 11.6 Å². The average Bonchev–Trinajstić information content (AvgIpc) is 3.17. The second kappa shape index (κ2) is 10.6. The van der Waals surface area contributed by atoms with Crippen LogP contribution in [0.4, 0.5) is 4.79 Å². The minimum Gasteiger partial charge on any atom is -0.444 e. The molecule has 188 valence electrons. The highest BCUT2D eigenvalue weighted by atomic mass is 28.4. The van der Waals surface area contributed by atoms with Crippen molar-refractivity contribution in [2.24, 2.45) is 5.92 Å². The molecule has 0 radical (unpaired) electrons. The van der Waals surface area contributed by atoms with Gasteiger partial charge in [0.15, 0.2) is 0 Å². The molecule has 1 aliphatic heterocycles. The van der Waals surface area contributed by atoms with Crippen LogP contribution in [0.1, 0.15) is 48.0 Å². The molecule has 5 nitrogen and oxygen atoms in total. The van der Waals surface area contributed by atoms with Crippen molar-refractivity contribution in [1.29, 1.82) is 0 Å². The number of nitrogens with zero attached hydrogens (tertiary/aromatic N) is 1. The van der Waals surface area contributed by atoms with Gasteiger partial charge in [-0.1, -0.05) is 87.4 Å². The predicted octanol–water partition coefficient (Wildman–Crippen LogP) is 4.18. The molecule has 0 aliphatic carbocycles. The molecule has 0 unspecified atom stereocenters. The van der Waals surface area contributed by atoms with Crippen LogP contribution in [0, 0.1) is 18.3 Å². The topological polar surface area (TPSA) is 59.0 Å². The fourth-order valence-electron chi connectivity index (χ4n) is 5.16. The lowest BCUT2D eigenvalue weighted by Gasteiger charge is -2.43. The third-order valence-electron chi connectivity index (χ3n) is 6.63. The summed E-state index contributed by atoms with van der Waals surface area (Å²) in [5, 5.41) is 12.3. The van der Waals surface area contributed by atoms with Gasteiger partial charge in [0, 0.05) is 12.5 Å². The largest absolute Gasteiger partial charge is 0.444 e. The molecular formula is C29H39NO4Si. The summed E-state index contributed by atoms with van der Waals surface area (Å²) >= 11 is 0. The molecule has 0 saturated carbocycles. The smallest absolute Gasteiger partial charge is 0.411 e. The third-order valence-corrected chi connectivity index (χ3v) is 11.6. The summed E-state index contributed by atoms with van der Waals surface area (Å²) in [6, 6.07) is 20.0. The molecule has 1 heterocycles. The maximum absolute atomic E-state index is 13.0. The Labute approximate surface area is 211 Å². The molecule has 2 aromatic rings. The predicted molar refractivity (Wildman–Crippen MR) is 143 cm³/mol. The van der Waals surface area contributed by atoms with Crippen LogP contribution >= 0.6 is 0 Å². The number of carbonyl (C=O) groups excluding carboxylic acids is 1. The minimum atomic E-state index is -2.74. The number of hydrogen-bond donors (Lipinski definition) is 1. The van der Waals surface area contributed by atoms with E-state index in [0.717, 1.165) is 0 Å². The SMILES string of the molecule is C#C[C@H]1[C@H](CO[Si](c2ccccc2)(c2ccccc2)C(C)(C)C)C[C@H](CO)N1C(=O)OC(C)(C)C. The highest BCUT2D eigenvalue weighted by Crippen LogP contribution is 2.39. The molecule has 2 aromatic carbocycles. The Hall–Kier alpha value is -2.59. The van der Waals surface area contributed by atoms with Crippen molar-refractivity contribution in [2.75, 3.05) is 13.2 Å². The molecule has 0 bridgehead atoms. The van der Waals surface area contributed by atoms with Gasteiger partial charge < -0.3 is 14.3 Å². The lowest BCUT2D eigenvalue weighted by Crippen LogP contribution is -2.67. The quantitative estimate of drug-likeness (QED) is 0.484. The van der Waals surface area contributed by atoms with E-state index < -0.39 is 32.1 Å². The summed E-state index contributed by atoms with van der Waals surface area (Å²) < 4.78 is 12.7. The molecule has 0 aromatic heterocycles. The van der Waals surface area contributed by atoms with Gasteiger partial charge in [0.25, 0.3) is 8.32 Å². The van der Waals surface area contributed by atoms with Crippen molar-refractivity contribution < 1.29 is 19.1 Å². The van der Waals surface area contributed by atoms with Crippen molar-refractivity contribution in [3.05, 3.63) is 60.7 Å². The van der Waals surface area contributed by atoms with E-state index >= 15 is 0 Å². The Kier molecular flexibility index (Phi) is 8.16. The lowest BCUT2D eigenvalue weighted by molar-refractivity contribution is 0.0120. The van der Waals surface area contributed by atoms with Gasteiger partial charge in [-0.05, 0) is 42.6 Å². The zero-order valence-corrected chi connectivity index (χ0v) is 22.8. The molecule has 6 heteroatoms. The summed E-state index contributed by atoms with van der Waals surface area (Å²) in [6.45, 7) is 12.4. The van der Waals surface area contributed by atoms with E-state index in [1.165, 1.54) is 15.3 Å². The first-order valence-electron chi connectivity index (χ1n) is 12.3. The Bertz CT molecular complexity index is 981. The van der Waals surface area contributed by atoms with E-state index in [1.54, 1.807) is 0 Å². The maximum atomic E-state index is 13.0. The van der Waals surface area contributed by atoms with E-state index in [2.05, 4.69) is 75.2 Å². The standard InChI is InChI=1S/C29H39NO4Si/c1-8-26-22(19-23(20-31)30(26)27(32)34-28(2,3)4)21-33-35(29(5,6)7,24-15-11-9-12-16-24)25-17-13-10-14-18-25/h1,9-18,22-23,26,31H,19-21H2,2-7H3/t22-,23+,26-/m0/s1. The number of rotatable bonds is 6. The van der Waals surface area contributed by atoms with Crippen LogP contribution in [0.5, 0.6) is 0 Å². The number of terminal acetylenes is 1. The third kappa shape index (κ3) is 5.64. The number of benzene rings is 2. The van der Waals surface area contributed by atoms with Crippen LogP contribution in [0.15, 0.2) is 60.7 Å². The summed E-state index contributed by atoms with van der Waals surface area (Å²) in [5.41, 5.74) is -0.653. The molecular weight excluding hydrogens is 454 g/mol. The number of carbonyl (C=O) groups is 1. The van der Waals surface area contributed by atoms with Crippen LogP contribution in [0.2, 0.25) is 5.04 Å². The van der Waals surface area contributed by atoms with E-state index in [4.69, 9.17) is 15.6 Å². The first-order valence-corrected chi connectivity index (χ1v) is 14.2. The number of aliphatic hydroxyl groups is 1. The molecule has 35 heavy (non-hydrogen) atoms. The second-order valence-corrected chi connectivity index (χ2v) is 15.6. The first kappa shape index (κ1) is 27.0. The van der Waals surface area contributed by atoms with Gasteiger partial charge in [0.2, 0.25) is 0 Å². The fraction of sp³-hybridized carbons (Fsp3) is 0.483. The van der Waals surface area contributed by atoms with Crippen LogP contribution in [-0.4, -0.2) is 55.3 Å². The Balaban J connectivity index is 1.98. The average molecular weight is 494 g/mol. The van der Waals surface area contributed by atoms with Crippen molar-refractivity contribution >= 4 is 24.8 Å². The highest BCUT2D eigenvalue weighted by molar-refractivity contribution is 6.99. The van der Waals surface area contributed by atoms with Crippen molar-refractivity contribution in [3.8, 4) is 12.3 Å². The number of amides is 1. The van der Waals surface area contributed by atoms with Gasteiger partial charge in [0.05, 0.1) is 12.6 Å². The van der Waals surface area contributed by atoms with Crippen LogP contribution < -0.4 is 10.4 Å². The zero-order chi connectivity index (χ0) is 25.9. The molecule has 1 N–H and O–H groups in total. The van der Waals surface area contributed by atoms with Crippen molar-refractivity contribution in [1.82, 2.24) is 4.90 Å². The molecule has 1 amide bonds. The van der Waals surface area contributed by atoms with Crippen molar-refractivity contribution in [2.45, 2.75) is 70.7 Å². The van der Waals surface area contributed by atoms with Gasteiger partial charge in [-0.2, -0.15) is 0 Å². The molecule has 1 saturated heterocycles. The second-order valence-electron chi connectivity index (χ2n) is 11.3. The Morgan fingerprint density at radius 2 is 1.54 bits per heavy atom. The minimum absolute atomic E-state index is 0.119. The van der Waals surface area contributed by atoms with Gasteiger partial charge in [-0.25, -0.2) is 4.79 Å². The Morgan fingerprint density at radius 1 is 1.03 bits per heavy atom. The van der Waals surface area contributed by atoms with E-state index in [-0.39, 0.29) is 17.6 Å². The maximum Gasteiger partial charge on any atom is 0.411 e. The van der Waals surface area contributed by atoms with Gasteiger partial charge >= 0.3 is 6.09 Å². The summed E-state index contributed by atoms with van der Waals surface area (Å²) in [7, 11) is -2.74. The summed E-state index contributed by atoms with van der Waals surface area (Å²) in [4.78, 5) is 14.5. The molecule has 1 fully saturated rings. The zero-order valence-electron chi connectivity index (χ0n) is 21.8. The van der Waals surface area contributed by atoms with Crippen LogP contribution in [0.3, 0.4) is 0 Å². The monoisotopic (exact) mass is 493 g/mol. The van der Waals surface area contributed by atoms with E-state index in [9.17, 15) is 9.90 Å². The summed E-state index contributed by atoms with van der Waals surface area (Å²) in [6.07, 6.45) is 6.02. The van der Waals surface area contributed by atoms with E-state index in [0.29, 0.717) is 13.0 Å². The van der Waals surface area contributed by atoms with Crippen molar-refractivity contribution in [3.63, 3.8) is 0 Å². The van der Waals surface area contributed by atoms with Crippen LogP contribution in [0.25, 0.3) is 0 Å². The highest BCUT2D eigenvalue weighted by Gasteiger charge is 2.52. The number of aliphatic hydroxyl groups excluding tert-OH is 1. The Morgan fingerprint density at radius 3 is 1.94 bits per heavy atom. The number of ether oxygens (including phenoxy) is 1. The lowest BCUT2D eigenvalue weighted by atomic mass is 10.0.